The van der Waals surface area contributed by atoms with Gasteiger partial charge in [0, 0.05) is 34.6 Å². The van der Waals surface area contributed by atoms with Crippen LogP contribution in [0.1, 0.15) is 0 Å². The third kappa shape index (κ3) is 1.32. The van der Waals surface area contributed by atoms with Crippen LogP contribution < -0.4 is 5.73 Å². The molecule has 2 aromatic heterocycles. The first-order valence-corrected chi connectivity index (χ1v) is 5.97. The normalized spacial score (nSPS) is 11.1. The smallest absolute Gasteiger partial charge is 0.0862 e. The number of aryl methyl sites for hydroxylation is 1. The molecule has 2 nitrogen and oxygen atoms in total. The number of aromatic nitrogens is 1. The van der Waals surface area contributed by atoms with Crippen LogP contribution >= 0.6 is 11.3 Å². The molecule has 0 atom stereocenters. The molecule has 2 N–H and O–H groups in total. The van der Waals surface area contributed by atoms with Gasteiger partial charge in [-0.05, 0) is 18.2 Å². The third-order valence-electron chi connectivity index (χ3n) is 2.79. The lowest BCUT2D eigenvalue weighted by Crippen LogP contribution is -1.81. The van der Waals surface area contributed by atoms with Gasteiger partial charge in [0.05, 0.1) is 5.00 Å². The van der Waals surface area contributed by atoms with Gasteiger partial charge in [0.1, 0.15) is 0 Å². The molecule has 3 aromatic rings. The van der Waals surface area contributed by atoms with E-state index in [1.165, 1.54) is 21.3 Å². The van der Waals surface area contributed by atoms with Crippen LogP contribution in [0.15, 0.2) is 42.6 Å². The minimum absolute atomic E-state index is 0.864. The van der Waals surface area contributed by atoms with E-state index in [4.69, 9.17) is 5.73 Å². The van der Waals surface area contributed by atoms with E-state index in [0.717, 1.165) is 5.00 Å². The van der Waals surface area contributed by atoms with E-state index in [1.807, 2.05) is 6.07 Å². The number of rotatable bonds is 1. The Bertz CT molecular complexity index is 649. The Balaban J connectivity index is 2.32. The summed E-state index contributed by atoms with van der Waals surface area (Å²) in [5.41, 5.74) is 8.30. The van der Waals surface area contributed by atoms with Gasteiger partial charge >= 0.3 is 0 Å². The molecule has 0 aliphatic carbocycles. The number of thiophene rings is 1. The van der Waals surface area contributed by atoms with Crippen molar-refractivity contribution < 1.29 is 0 Å². The Labute approximate surface area is 97.9 Å². The minimum Gasteiger partial charge on any atom is -0.391 e. The summed E-state index contributed by atoms with van der Waals surface area (Å²) in [7, 11) is 2.07. The van der Waals surface area contributed by atoms with E-state index in [0.29, 0.717) is 0 Å². The summed E-state index contributed by atoms with van der Waals surface area (Å²) in [5, 5.41) is 2.15. The lowest BCUT2D eigenvalue weighted by atomic mass is 10.1. The highest BCUT2D eigenvalue weighted by atomic mass is 32.1. The molecule has 80 valence electrons. The Kier molecular flexibility index (Phi) is 2.01. The van der Waals surface area contributed by atoms with Gasteiger partial charge in [0.2, 0.25) is 0 Å². The van der Waals surface area contributed by atoms with Gasteiger partial charge in [0.25, 0.3) is 0 Å². The third-order valence-corrected chi connectivity index (χ3v) is 3.74. The zero-order valence-corrected chi connectivity index (χ0v) is 9.79. The number of benzene rings is 1. The lowest BCUT2D eigenvalue weighted by Gasteiger charge is -1.94. The maximum Gasteiger partial charge on any atom is 0.0862 e. The molecule has 0 radical (unpaired) electrons. The fraction of sp³-hybridized carbons (Fsp3) is 0.0769. The maximum atomic E-state index is 5.78. The van der Waals surface area contributed by atoms with Crippen molar-refractivity contribution >= 4 is 27.2 Å². The van der Waals surface area contributed by atoms with Gasteiger partial charge in [-0.2, -0.15) is 0 Å². The quantitative estimate of drug-likeness (QED) is 0.679. The fourth-order valence-electron chi connectivity index (χ4n) is 2.04. The molecule has 0 bridgehead atoms. The number of hydrogen-bond acceptors (Lipinski definition) is 2. The number of nitrogens with zero attached hydrogens (tertiary/aromatic N) is 1. The predicted molar refractivity (Wildman–Crippen MR) is 70.6 cm³/mol. The molecule has 0 saturated heterocycles. The maximum absolute atomic E-state index is 5.78. The van der Waals surface area contributed by atoms with Gasteiger partial charge < -0.3 is 10.3 Å². The van der Waals surface area contributed by atoms with Crippen LogP contribution in [0.5, 0.6) is 0 Å². The molecule has 1 aromatic carbocycles. The van der Waals surface area contributed by atoms with Crippen molar-refractivity contribution in [1.82, 2.24) is 4.57 Å². The van der Waals surface area contributed by atoms with Crippen molar-refractivity contribution in [2.45, 2.75) is 0 Å². The molecule has 0 aliphatic heterocycles. The summed E-state index contributed by atoms with van der Waals surface area (Å²) in [6.07, 6.45) is 2.16. The highest BCUT2D eigenvalue weighted by molar-refractivity contribution is 7.19. The van der Waals surface area contributed by atoms with Crippen LogP contribution in [0.3, 0.4) is 0 Å². The van der Waals surface area contributed by atoms with E-state index in [-0.39, 0.29) is 0 Å². The zero-order chi connectivity index (χ0) is 11.1. The number of anilines is 1. The zero-order valence-electron chi connectivity index (χ0n) is 8.97. The average Bonchev–Trinajstić information content (AvgIpc) is 2.84. The lowest BCUT2D eigenvalue weighted by molar-refractivity contribution is 0.970. The molecule has 0 fully saturated rings. The minimum atomic E-state index is 0.864. The Morgan fingerprint density at radius 3 is 2.69 bits per heavy atom. The second-order valence-electron chi connectivity index (χ2n) is 3.87. The summed E-state index contributed by atoms with van der Waals surface area (Å²) in [6, 6.07) is 12.5. The van der Waals surface area contributed by atoms with Crippen molar-refractivity contribution in [3.8, 4) is 10.4 Å². The number of nitrogen functional groups attached to an aromatic ring is 1. The van der Waals surface area contributed by atoms with Crippen molar-refractivity contribution in [2.24, 2.45) is 7.05 Å². The second kappa shape index (κ2) is 3.39. The summed E-state index contributed by atoms with van der Waals surface area (Å²) < 4.78 is 2.15. The summed E-state index contributed by atoms with van der Waals surface area (Å²) in [4.78, 5) is 1.23. The van der Waals surface area contributed by atoms with Crippen LogP contribution in [0.25, 0.3) is 21.3 Å². The van der Waals surface area contributed by atoms with Crippen molar-refractivity contribution in [1.29, 1.82) is 0 Å². The van der Waals surface area contributed by atoms with Crippen molar-refractivity contribution in [3.05, 3.63) is 42.6 Å². The monoisotopic (exact) mass is 228 g/mol. The summed E-state index contributed by atoms with van der Waals surface area (Å²) >= 11 is 1.63. The van der Waals surface area contributed by atoms with Crippen LogP contribution in [-0.4, -0.2) is 4.57 Å². The first-order chi connectivity index (χ1) is 7.75. The molecule has 0 spiro atoms. The number of fused-ring (bicyclic) bond motifs is 1. The van der Waals surface area contributed by atoms with E-state index < -0.39 is 0 Å². The molecule has 0 unspecified atom stereocenters. The van der Waals surface area contributed by atoms with E-state index in [2.05, 4.69) is 48.1 Å². The van der Waals surface area contributed by atoms with E-state index >= 15 is 0 Å². The van der Waals surface area contributed by atoms with Crippen LogP contribution in [0.4, 0.5) is 5.00 Å². The van der Waals surface area contributed by atoms with Crippen LogP contribution in [0, 0.1) is 0 Å². The molecular weight excluding hydrogens is 216 g/mol. The molecule has 3 heteroatoms. The number of hydrogen-bond donors (Lipinski definition) is 1. The van der Waals surface area contributed by atoms with Gasteiger partial charge in [-0.1, -0.05) is 18.2 Å². The Hall–Kier alpha value is -1.74. The van der Waals surface area contributed by atoms with Gasteiger partial charge in [-0.25, -0.2) is 0 Å². The first-order valence-electron chi connectivity index (χ1n) is 5.15. The van der Waals surface area contributed by atoms with Crippen LogP contribution in [0.2, 0.25) is 0 Å². The number of nitrogens with two attached hydrogens (primary N) is 1. The SMILES string of the molecule is Cn1cc(-c2ccc(N)s2)c2ccccc21. The fourth-order valence-corrected chi connectivity index (χ4v) is 2.83. The topological polar surface area (TPSA) is 30.9 Å². The van der Waals surface area contributed by atoms with E-state index in [9.17, 15) is 0 Å². The molecular formula is C13H12N2S. The Morgan fingerprint density at radius 1 is 1.12 bits per heavy atom. The highest BCUT2D eigenvalue weighted by Gasteiger charge is 2.09. The molecule has 0 aliphatic rings. The molecule has 0 saturated carbocycles. The van der Waals surface area contributed by atoms with Crippen molar-refractivity contribution in [3.63, 3.8) is 0 Å². The number of para-hydroxylation sites is 1. The first kappa shape index (κ1) is 9.48. The van der Waals surface area contributed by atoms with E-state index in [1.54, 1.807) is 11.3 Å². The van der Waals surface area contributed by atoms with Gasteiger partial charge in [0.15, 0.2) is 0 Å². The van der Waals surface area contributed by atoms with Crippen molar-refractivity contribution in [2.75, 3.05) is 5.73 Å². The van der Waals surface area contributed by atoms with Gasteiger partial charge in [-0.15, -0.1) is 11.3 Å². The molecule has 3 rings (SSSR count). The summed E-state index contributed by atoms with van der Waals surface area (Å²) in [5.74, 6) is 0. The molecule has 2 heterocycles. The largest absolute Gasteiger partial charge is 0.391 e. The standard InChI is InChI=1S/C13H12N2S/c1-15-8-10(12-6-7-13(14)16-12)9-4-2-3-5-11(9)15/h2-8H,14H2,1H3. The van der Waals surface area contributed by atoms with Gasteiger partial charge in [-0.3, -0.25) is 0 Å². The van der Waals surface area contributed by atoms with Crippen LogP contribution in [-0.2, 0) is 7.05 Å². The molecule has 0 amide bonds. The second-order valence-corrected chi connectivity index (χ2v) is 4.99. The Morgan fingerprint density at radius 2 is 1.94 bits per heavy atom. The average molecular weight is 228 g/mol. The molecule has 16 heavy (non-hydrogen) atoms. The highest BCUT2D eigenvalue weighted by Crippen LogP contribution is 2.35. The summed E-state index contributed by atoms with van der Waals surface area (Å²) in [6.45, 7) is 0. The predicted octanol–water partition coefficient (Wildman–Crippen LogP) is 3.49.